The van der Waals surface area contributed by atoms with E-state index in [1.165, 1.54) is 5.56 Å². The van der Waals surface area contributed by atoms with E-state index in [0.29, 0.717) is 25.6 Å². The van der Waals surface area contributed by atoms with Crippen LogP contribution < -0.4 is 10.2 Å². The van der Waals surface area contributed by atoms with Crippen molar-refractivity contribution in [2.45, 2.75) is 26.8 Å². The zero-order valence-corrected chi connectivity index (χ0v) is 12.4. The molecule has 1 N–H and O–H groups in total. The lowest BCUT2D eigenvalue weighted by molar-refractivity contribution is -0.117. The molecule has 0 unspecified atom stereocenters. The van der Waals surface area contributed by atoms with Crippen molar-refractivity contribution in [3.05, 3.63) is 29.8 Å². The van der Waals surface area contributed by atoms with Gasteiger partial charge < -0.3 is 15.0 Å². The summed E-state index contributed by atoms with van der Waals surface area (Å²) in [6, 6.07) is 8.06. The first-order chi connectivity index (χ1) is 9.68. The third-order valence-corrected chi connectivity index (χ3v) is 3.47. The van der Waals surface area contributed by atoms with Crippen LogP contribution in [0, 0.1) is 5.92 Å². The molecule has 1 amide bonds. The quantitative estimate of drug-likeness (QED) is 0.810. The number of hydrogen-bond acceptors (Lipinski definition) is 3. The third kappa shape index (κ3) is 4.05. The van der Waals surface area contributed by atoms with E-state index in [9.17, 15) is 4.79 Å². The highest BCUT2D eigenvalue weighted by Crippen LogP contribution is 2.22. The van der Waals surface area contributed by atoms with Gasteiger partial charge in [-0.15, -0.1) is 0 Å². The zero-order valence-electron chi connectivity index (χ0n) is 12.4. The highest BCUT2D eigenvalue weighted by atomic mass is 16.5. The maximum atomic E-state index is 12.2. The Morgan fingerprint density at radius 2 is 2.05 bits per heavy atom. The molecule has 0 saturated heterocycles. The Hall–Kier alpha value is -1.39. The molecule has 0 spiro atoms. The Balaban J connectivity index is 1.93. The SMILES string of the molecule is CC(C)CCOCCN1C(=O)CNCc2ccccc21. The number of carbonyl (C=O) groups is 1. The van der Waals surface area contributed by atoms with Crippen LogP contribution in [0.2, 0.25) is 0 Å². The predicted octanol–water partition coefficient (Wildman–Crippen LogP) is 2.19. The molecule has 0 aliphatic carbocycles. The summed E-state index contributed by atoms with van der Waals surface area (Å²) >= 11 is 0. The highest BCUT2D eigenvalue weighted by Gasteiger charge is 2.20. The number of fused-ring (bicyclic) bond motifs is 1. The minimum absolute atomic E-state index is 0.113. The number of nitrogens with zero attached hydrogens (tertiary/aromatic N) is 1. The van der Waals surface area contributed by atoms with Gasteiger partial charge in [0.2, 0.25) is 5.91 Å². The summed E-state index contributed by atoms with van der Waals surface area (Å²) in [6.07, 6.45) is 1.06. The monoisotopic (exact) mass is 276 g/mol. The molecule has 1 aromatic rings. The molecular weight excluding hydrogens is 252 g/mol. The van der Waals surface area contributed by atoms with Crippen molar-refractivity contribution in [2.24, 2.45) is 5.92 Å². The molecule has 4 heteroatoms. The maximum absolute atomic E-state index is 12.2. The molecule has 1 aliphatic heterocycles. The second-order valence-electron chi connectivity index (χ2n) is 5.57. The summed E-state index contributed by atoms with van der Waals surface area (Å²) in [5.74, 6) is 0.766. The number of ether oxygens (including phenoxy) is 1. The summed E-state index contributed by atoms with van der Waals surface area (Å²) < 4.78 is 5.64. The Bertz CT molecular complexity index is 446. The van der Waals surface area contributed by atoms with E-state index >= 15 is 0 Å². The van der Waals surface area contributed by atoms with Gasteiger partial charge in [-0.1, -0.05) is 32.0 Å². The van der Waals surface area contributed by atoms with Gasteiger partial charge in [0, 0.05) is 25.4 Å². The van der Waals surface area contributed by atoms with Crippen molar-refractivity contribution in [3.8, 4) is 0 Å². The lowest BCUT2D eigenvalue weighted by Gasteiger charge is -2.22. The largest absolute Gasteiger partial charge is 0.380 e. The van der Waals surface area contributed by atoms with Crippen molar-refractivity contribution >= 4 is 11.6 Å². The fourth-order valence-corrected chi connectivity index (χ4v) is 2.28. The van der Waals surface area contributed by atoms with E-state index in [2.05, 4.69) is 25.2 Å². The number of benzene rings is 1. The van der Waals surface area contributed by atoms with Gasteiger partial charge in [-0.3, -0.25) is 4.79 Å². The number of carbonyl (C=O) groups excluding carboxylic acids is 1. The van der Waals surface area contributed by atoms with E-state index in [-0.39, 0.29) is 5.91 Å². The molecular formula is C16H24N2O2. The molecule has 0 radical (unpaired) electrons. The van der Waals surface area contributed by atoms with Crippen LogP contribution in [0.15, 0.2) is 24.3 Å². The Labute approximate surface area is 121 Å². The minimum atomic E-state index is 0.113. The highest BCUT2D eigenvalue weighted by molar-refractivity contribution is 5.96. The van der Waals surface area contributed by atoms with E-state index < -0.39 is 0 Å². The Kier molecular flexibility index (Phi) is 5.56. The fourth-order valence-electron chi connectivity index (χ4n) is 2.28. The number of amides is 1. The van der Waals surface area contributed by atoms with Crippen LogP contribution in [0.5, 0.6) is 0 Å². The van der Waals surface area contributed by atoms with Crippen LogP contribution in [0.3, 0.4) is 0 Å². The number of para-hydroxylation sites is 1. The molecule has 2 rings (SSSR count). The van der Waals surface area contributed by atoms with Crippen molar-refractivity contribution in [2.75, 3.05) is 31.2 Å². The normalized spacial score (nSPS) is 15.3. The summed E-state index contributed by atoms with van der Waals surface area (Å²) in [7, 11) is 0. The smallest absolute Gasteiger partial charge is 0.241 e. The Morgan fingerprint density at radius 3 is 2.85 bits per heavy atom. The minimum Gasteiger partial charge on any atom is -0.380 e. The van der Waals surface area contributed by atoms with E-state index in [1.807, 2.05) is 23.1 Å². The third-order valence-electron chi connectivity index (χ3n) is 3.47. The predicted molar refractivity (Wildman–Crippen MR) is 80.8 cm³/mol. The van der Waals surface area contributed by atoms with Gasteiger partial charge in [0.25, 0.3) is 0 Å². The van der Waals surface area contributed by atoms with Gasteiger partial charge in [-0.05, 0) is 24.0 Å². The molecule has 4 nitrogen and oxygen atoms in total. The van der Waals surface area contributed by atoms with E-state index in [4.69, 9.17) is 4.74 Å². The van der Waals surface area contributed by atoms with Crippen molar-refractivity contribution < 1.29 is 9.53 Å². The van der Waals surface area contributed by atoms with Crippen LogP contribution in [-0.2, 0) is 16.1 Å². The number of anilines is 1. The molecule has 1 aliphatic rings. The van der Waals surface area contributed by atoms with E-state index in [1.54, 1.807) is 0 Å². The van der Waals surface area contributed by atoms with Crippen LogP contribution >= 0.6 is 0 Å². The topological polar surface area (TPSA) is 41.6 Å². The average molecular weight is 276 g/mol. The number of hydrogen-bond donors (Lipinski definition) is 1. The van der Waals surface area contributed by atoms with Gasteiger partial charge in [-0.25, -0.2) is 0 Å². The maximum Gasteiger partial charge on any atom is 0.241 e. The van der Waals surface area contributed by atoms with Crippen LogP contribution in [-0.4, -0.2) is 32.2 Å². The van der Waals surface area contributed by atoms with Crippen LogP contribution in [0.4, 0.5) is 5.69 Å². The molecule has 0 atom stereocenters. The van der Waals surface area contributed by atoms with Crippen LogP contribution in [0.1, 0.15) is 25.8 Å². The van der Waals surface area contributed by atoms with Gasteiger partial charge in [0.05, 0.1) is 13.2 Å². The first-order valence-electron chi connectivity index (χ1n) is 7.35. The molecule has 1 heterocycles. The lowest BCUT2D eigenvalue weighted by atomic mass is 10.1. The molecule has 0 bridgehead atoms. The van der Waals surface area contributed by atoms with Crippen molar-refractivity contribution in [3.63, 3.8) is 0 Å². The second-order valence-corrected chi connectivity index (χ2v) is 5.57. The van der Waals surface area contributed by atoms with Gasteiger partial charge in [0.15, 0.2) is 0 Å². The summed E-state index contributed by atoms with van der Waals surface area (Å²) in [6.45, 7) is 7.47. The fraction of sp³-hybridized carbons (Fsp3) is 0.562. The number of rotatable bonds is 6. The summed E-state index contributed by atoms with van der Waals surface area (Å²) in [5.41, 5.74) is 2.18. The lowest BCUT2D eigenvalue weighted by Crippen LogP contribution is -2.37. The average Bonchev–Trinajstić information content (AvgIpc) is 2.58. The van der Waals surface area contributed by atoms with Gasteiger partial charge in [-0.2, -0.15) is 0 Å². The van der Waals surface area contributed by atoms with Crippen molar-refractivity contribution in [1.82, 2.24) is 5.32 Å². The zero-order chi connectivity index (χ0) is 14.4. The molecule has 0 saturated carbocycles. The molecule has 0 fully saturated rings. The summed E-state index contributed by atoms with van der Waals surface area (Å²) in [5, 5.41) is 3.17. The van der Waals surface area contributed by atoms with Gasteiger partial charge >= 0.3 is 0 Å². The number of nitrogens with one attached hydrogen (secondary N) is 1. The van der Waals surface area contributed by atoms with Crippen molar-refractivity contribution in [1.29, 1.82) is 0 Å². The molecule has 20 heavy (non-hydrogen) atoms. The first-order valence-corrected chi connectivity index (χ1v) is 7.35. The van der Waals surface area contributed by atoms with E-state index in [0.717, 1.165) is 25.3 Å². The second kappa shape index (κ2) is 7.41. The summed E-state index contributed by atoms with van der Waals surface area (Å²) in [4.78, 5) is 14.0. The molecule has 0 aromatic heterocycles. The molecule has 110 valence electrons. The van der Waals surface area contributed by atoms with Gasteiger partial charge in [0.1, 0.15) is 0 Å². The standard InChI is InChI=1S/C16H24N2O2/c1-13(2)7-9-20-10-8-18-15-6-4-3-5-14(15)11-17-12-16(18)19/h3-6,13,17H,7-12H2,1-2H3. The Morgan fingerprint density at radius 1 is 1.25 bits per heavy atom. The first kappa shape index (κ1) is 15.0. The van der Waals surface area contributed by atoms with Crippen LogP contribution in [0.25, 0.3) is 0 Å². The molecule has 1 aromatic carbocycles.